The molecule has 22 heavy (non-hydrogen) atoms. The highest BCUT2D eigenvalue weighted by molar-refractivity contribution is 5.97. The van der Waals surface area contributed by atoms with Crippen LogP contribution in [0.4, 0.5) is 0 Å². The second-order valence-electron chi connectivity index (χ2n) is 6.66. The maximum absolute atomic E-state index is 12.5. The largest absolute Gasteiger partial charge is 0.497 e. The van der Waals surface area contributed by atoms with Crippen LogP contribution in [0.2, 0.25) is 0 Å². The smallest absolute Gasteiger partial charge is 0.147 e. The van der Waals surface area contributed by atoms with E-state index in [0.29, 0.717) is 12.2 Å². The van der Waals surface area contributed by atoms with Crippen molar-refractivity contribution in [3.05, 3.63) is 46.5 Å². The summed E-state index contributed by atoms with van der Waals surface area (Å²) in [5, 5.41) is 0. The van der Waals surface area contributed by atoms with Crippen LogP contribution in [0.25, 0.3) is 5.57 Å². The molecule has 0 spiro atoms. The van der Waals surface area contributed by atoms with Crippen LogP contribution in [-0.2, 0) is 11.2 Å². The molecule has 3 aliphatic carbocycles. The van der Waals surface area contributed by atoms with E-state index in [1.807, 2.05) is 0 Å². The molecule has 0 aliphatic heterocycles. The Kier molecular flexibility index (Phi) is 3.04. The Balaban J connectivity index is 1.84. The third-order valence-corrected chi connectivity index (χ3v) is 5.92. The van der Waals surface area contributed by atoms with E-state index in [0.717, 1.165) is 37.9 Å². The predicted molar refractivity (Wildman–Crippen MR) is 87.9 cm³/mol. The van der Waals surface area contributed by atoms with Crippen LogP contribution in [0.5, 0.6) is 5.75 Å². The Morgan fingerprint density at radius 3 is 2.82 bits per heavy atom. The number of fused-ring (bicyclic) bond motifs is 4. The molecule has 1 aromatic rings. The summed E-state index contributed by atoms with van der Waals surface area (Å²) in [5.41, 5.74) is 6.93. The molecular weight excluding hydrogens is 272 g/mol. The number of ether oxygens (including phenoxy) is 1. The highest BCUT2D eigenvalue weighted by atomic mass is 16.5. The summed E-state index contributed by atoms with van der Waals surface area (Å²) in [4.78, 5) is 12.5. The number of carbonyl (C=O) groups excluding carboxylic acids is 1. The molecule has 0 heterocycles. The molecular formula is C20H22O2. The van der Waals surface area contributed by atoms with Crippen LogP contribution in [0, 0.1) is 5.41 Å². The first-order chi connectivity index (χ1) is 10.7. The van der Waals surface area contributed by atoms with Crippen molar-refractivity contribution in [1.82, 2.24) is 0 Å². The van der Waals surface area contributed by atoms with Gasteiger partial charge in [-0.2, -0.15) is 0 Å². The van der Waals surface area contributed by atoms with Gasteiger partial charge in [0.1, 0.15) is 11.5 Å². The van der Waals surface area contributed by atoms with Crippen LogP contribution >= 0.6 is 0 Å². The molecule has 0 unspecified atom stereocenters. The number of carbonyl (C=O) groups is 1. The van der Waals surface area contributed by atoms with E-state index in [2.05, 4.69) is 31.2 Å². The van der Waals surface area contributed by atoms with Crippen molar-refractivity contribution in [3.8, 4) is 5.75 Å². The Labute approximate surface area is 131 Å². The van der Waals surface area contributed by atoms with Crippen LogP contribution in [0.15, 0.2) is 35.4 Å². The summed E-state index contributed by atoms with van der Waals surface area (Å²) in [6.45, 7) is 2.17. The van der Waals surface area contributed by atoms with Gasteiger partial charge in [0.05, 0.1) is 12.5 Å². The molecule has 0 aromatic heterocycles. The standard InChI is InChI=1S/C20H22O2/c1-3-20-11-10-16-15-7-5-14(22-2)12-13(15)4-6-17(16)18(20)8-9-19(20)21/h5,7-8,12H,3-4,6,9-11H2,1-2H3/t20-/m1/s1. The summed E-state index contributed by atoms with van der Waals surface area (Å²) >= 11 is 0. The number of rotatable bonds is 2. The third kappa shape index (κ3) is 1.70. The maximum Gasteiger partial charge on any atom is 0.147 e. The fourth-order valence-electron chi connectivity index (χ4n) is 4.68. The number of benzene rings is 1. The molecule has 114 valence electrons. The molecule has 1 aromatic carbocycles. The van der Waals surface area contributed by atoms with Crippen LogP contribution in [0.3, 0.4) is 0 Å². The second-order valence-corrected chi connectivity index (χ2v) is 6.66. The van der Waals surface area contributed by atoms with Crippen LogP contribution in [-0.4, -0.2) is 12.9 Å². The quantitative estimate of drug-likeness (QED) is 0.803. The van der Waals surface area contributed by atoms with E-state index >= 15 is 0 Å². The fourth-order valence-corrected chi connectivity index (χ4v) is 4.68. The molecule has 0 saturated heterocycles. The zero-order valence-electron chi connectivity index (χ0n) is 13.4. The Morgan fingerprint density at radius 2 is 2.05 bits per heavy atom. The first-order valence-electron chi connectivity index (χ1n) is 8.33. The van der Waals surface area contributed by atoms with Crippen molar-refractivity contribution in [2.75, 3.05) is 7.11 Å². The average molecular weight is 294 g/mol. The average Bonchev–Trinajstić information content (AvgIpc) is 2.91. The van der Waals surface area contributed by atoms with Gasteiger partial charge in [0.25, 0.3) is 0 Å². The van der Waals surface area contributed by atoms with Gasteiger partial charge in [-0.3, -0.25) is 4.79 Å². The van der Waals surface area contributed by atoms with E-state index in [1.54, 1.807) is 7.11 Å². The van der Waals surface area contributed by atoms with E-state index in [4.69, 9.17) is 4.74 Å². The van der Waals surface area contributed by atoms with E-state index in [1.165, 1.54) is 27.8 Å². The number of methoxy groups -OCH3 is 1. The monoisotopic (exact) mass is 294 g/mol. The Bertz CT molecular complexity index is 723. The summed E-state index contributed by atoms with van der Waals surface area (Å²) in [5.74, 6) is 1.38. The maximum atomic E-state index is 12.5. The van der Waals surface area contributed by atoms with Gasteiger partial charge in [-0.25, -0.2) is 0 Å². The van der Waals surface area contributed by atoms with Crippen molar-refractivity contribution >= 4 is 11.4 Å². The molecule has 0 N–H and O–H groups in total. The SMILES string of the molecule is CC[C@@]12CCC3=C(CCc4cc(OC)ccc43)C1=CCC2=O. The Morgan fingerprint density at radius 1 is 1.18 bits per heavy atom. The highest BCUT2D eigenvalue weighted by Crippen LogP contribution is 2.55. The first kappa shape index (κ1) is 13.8. The number of hydrogen-bond acceptors (Lipinski definition) is 2. The minimum atomic E-state index is -0.164. The lowest BCUT2D eigenvalue weighted by atomic mass is 9.63. The van der Waals surface area contributed by atoms with Crippen LogP contribution < -0.4 is 4.74 Å². The summed E-state index contributed by atoms with van der Waals surface area (Å²) in [6.07, 6.45) is 7.94. The summed E-state index contributed by atoms with van der Waals surface area (Å²) in [6, 6.07) is 6.44. The lowest BCUT2D eigenvalue weighted by molar-refractivity contribution is -0.125. The van der Waals surface area contributed by atoms with Gasteiger partial charge in [0.2, 0.25) is 0 Å². The molecule has 4 rings (SSSR count). The van der Waals surface area contributed by atoms with Gasteiger partial charge in [-0.15, -0.1) is 0 Å². The van der Waals surface area contributed by atoms with Gasteiger partial charge in [0.15, 0.2) is 0 Å². The fraction of sp³-hybridized carbons (Fsp3) is 0.450. The van der Waals surface area contributed by atoms with E-state index in [-0.39, 0.29) is 5.41 Å². The van der Waals surface area contributed by atoms with Gasteiger partial charge < -0.3 is 4.74 Å². The van der Waals surface area contributed by atoms with Crippen molar-refractivity contribution < 1.29 is 9.53 Å². The van der Waals surface area contributed by atoms with Gasteiger partial charge in [0, 0.05) is 6.42 Å². The molecule has 2 nitrogen and oxygen atoms in total. The summed E-state index contributed by atoms with van der Waals surface area (Å²) < 4.78 is 5.36. The number of Topliss-reactive ketones (excluding diaryl/α,β-unsaturated/α-hetero) is 1. The van der Waals surface area contributed by atoms with Crippen LogP contribution in [0.1, 0.15) is 50.2 Å². The zero-order chi connectivity index (χ0) is 15.3. The van der Waals surface area contributed by atoms with Crippen molar-refractivity contribution in [1.29, 1.82) is 0 Å². The molecule has 0 fully saturated rings. The Hall–Kier alpha value is -1.83. The lowest BCUT2D eigenvalue weighted by Crippen LogP contribution is -2.33. The van der Waals surface area contributed by atoms with E-state index in [9.17, 15) is 4.79 Å². The third-order valence-electron chi connectivity index (χ3n) is 5.92. The molecule has 0 radical (unpaired) electrons. The number of ketones is 1. The first-order valence-corrected chi connectivity index (χ1v) is 8.33. The number of hydrogen-bond donors (Lipinski definition) is 0. The van der Waals surface area contributed by atoms with Crippen molar-refractivity contribution in [2.45, 2.75) is 45.4 Å². The number of aryl methyl sites for hydroxylation is 1. The minimum Gasteiger partial charge on any atom is -0.497 e. The second kappa shape index (κ2) is 4.84. The van der Waals surface area contributed by atoms with Gasteiger partial charge in [-0.05, 0) is 72.1 Å². The van der Waals surface area contributed by atoms with Gasteiger partial charge in [-0.1, -0.05) is 19.1 Å². The van der Waals surface area contributed by atoms with Crippen molar-refractivity contribution in [3.63, 3.8) is 0 Å². The molecule has 0 bridgehead atoms. The topological polar surface area (TPSA) is 26.3 Å². The molecule has 3 aliphatic rings. The van der Waals surface area contributed by atoms with Gasteiger partial charge >= 0.3 is 0 Å². The number of allylic oxidation sites excluding steroid dienone is 4. The van der Waals surface area contributed by atoms with Crippen molar-refractivity contribution in [2.24, 2.45) is 5.41 Å². The minimum absolute atomic E-state index is 0.164. The molecule has 2 heteroatoms. The summed E-state index contributed by atoms with van der Waals surface area (Å²) in [7, 11) is 1.72. The highest BCUT2D eigenvalue weighted by Gasteiger charge is 2.47. The lowest BCUT2D eigenvalue weighted by Gasteiger charge is -2.39. The zero-order valence-corrected chi connectivity index (χ0v) is 13.4. The molecule has 0 saturated carbocycles. The molecule has 1 atom stereocenters. The predicted octanol–water partition coefficient (Wildman–Crippen LogP) is 4.48. The molecule has 0 amide bonds. The van der Waals surface area contributed by atoms with E-state index < -0.39 is 0 Å². The normalized spacial score (nSPS) is 26.3.